The lowest BCUT2D eigenvalue weighted by atomic mass is 9.96. The van der Waals surface area contributed by atoms with Crippen LogP contribution >= 0.6 is 0 Å². The van der Waals surface area contributed by atoms with Gasteiger partial charge < -0.3 is 10.4 Å². The molecular formula is C17H17FN2O4. The first-order chi connectivity index (χ1) is 11.2. The van der Waals surface area contributed by atoms with E-state index in [0.717, 1.165) is 12.1 Å². The average molecular weight is 332 g/mol. The summed E-state index contributed by atoms with van der Waals surface area (Å²) in [4.78, 5) is 22.7. The minimum absolute atomic E-state index is 0.0555. The average Bonchev–Trinajstić information content (AvgIpc) is 2.52. The number of amides is 1. The zero-order valence-electron chi connectivity index (χ0n) is 13.2. The predicted molar refractivity (Wildman–Crippen MR) is 86.1 cm³/mol. The highest BCUT2D eigenvalue weighted by Crippen LogP contribution is 2.25. The van der Waals surface area contributed by atoms with Gasteiger partial charge in [-0.1, -0.05) is 30.3 Å². The van der Waals surface area contributed by atoms with Gasteiger partial charge in [0.05, 0.1) is 11.5 Å². The summed E-state index contributed by atoms with van der Waals surface area (Å²) in [6, 6.07) is 10.5. The predicted octanol–water partition coefficient (Wildman–Crippen LogP) is 2.68. The van der Waals surface area contributed by atoms with E-state index in [-0.39, 0.29) is 17.7 Å². The monoisotopic (exact) mass is 332 g/mol. The third-order valence-electron chi connectivity index (χ3n) is 3.68. The molecule has 7 heteroatoms. The number of hydrogen-bond donors (Lipinski definition) is 2. The molecule has 0 spiro atoms. The summed E-state index contributed by atoms with van der Waals surface area (Å²) in [6.45, 7) is 2.69. The van der Waals surface area contributed by atoms with Crippen molar-refractivity contribution in [3.63, 3.8) is 0 Å². The Balaban J connectivity index is 2.23. The molecule has 24 heavy (non-hydrogen) atoms. The van der Waals surface area contributed by atoms with Crippen LogP contribution in [0.1, 0.15) is 28.4 Å². The summed E-state index contributed by atoms with van der Waals surface area (Å²) >= 11 is 0. The van der Waals surface area contributed by atoms with E-state index in [4.69, 9.17) is 0 Å². The number of aliphatic hydroxyl groups is 1. The lowest BCUT2D eigenvalue weighted by Gasteiger charge is -2.24. The fraction of sp³-hybridized carbons (Fsp3) is 0.235. The summed E-state index contributed by atoms with van der Waals surface area (Å²) in [7, 11) is 0. The van der Waals surface area contributed by atoms with E-state index in [1.54, 1.807) is 30.3 Å². The Morgan fingerprint density at radius 2 is 1.96 bits per heavy atom. The zero-order valence-corrected chi connectivity index (χ0v) is 13.2. The number of nitrogens with zero attached hydrogens (tertiary/aromatic N) is 1. The van der Waals surface area contributed by atoms with Crippen molar-refractivity contribution >= 4 is 11.6 Å². The smallest absolute Gasteiger partial charge is 0.285 e. The number of halogens is 1. The van der Waals surface area contributed by atoms with Gasteiger partial charge in [-0.05, 0) is 31.5 Å². The number of aryl methyl sites for hydroxylation is 1. The maximum absolute atomic E-state index is 13.5. The summed E-state index contributed by atoms with van der Waals surface area (Å²) in [5.41, 5.74) is -1.56. The molecule has 126 valence electrons. The molecule has 0 bridgehead atoms. The van der Waals surface area contributed by atoms with E-state index in [1.165, 1.54) is 13.8 Å². The first-order valence-electron chi connectivity index (χ1n) is 7.23. The Hall–Kier alpha value is -2.80. The van der Waals surface area contributed by atoms with Gasteiger partial charge in [-0.2, -0.15) is 0 Å². The van der Waals surface area contributed by atoms with Crippen LogP contribution in [0.4, 0.5) is 10.1 Å². The summed E-state index contributed by atoms with van der Waals surface area (Å²) < 4.78 is 13.5. The molecule has 1 unspecified atom stereocenters. The van der Waals surface area contributed by atoms with Gasteiger partial charge in [0.1, 0.15) is 17.0 Å². The van der Waals surface area contributed by atoms with Crippen molar-refractivity contribution in [1.82, 2.24) is 5.32 Å². The molecule has 0 aromatic heterocycles. The number of rotatable bonds is 5. The second-order valence-corrected chi connectivity index (χ2v) is 5.70. The van der Waals surface area contributed by atoms with Gasteiger partial charge in [0, 0.05) is 5.56 Å². The van der Waals surface area contributed by atoms with Crippen LogP contribution in [-0.4, -0.2) is 22.5 Å². The molecule has 2 aromatic rings. The van der Waals surface area contributed by atoms with Crippen molar-refractivity contribution in [2.75, 3.05) is 6.54 Å². The van der Waals surface area contributed by atoms with E-state index < -0.39 is 27.9 Å². The quantitative estimate of drug-likeness (QED) is 0.650. The Morgan fingerprint density at radius 1 is 1.33 bits per heavy atom. The van der Waals surface area contributed by atoms with Crippen LogP contribution in [0.25, 0.3) is 0 Å². The lowest BCUT2D eigenvalue weighted by Crippen LogP contribution is -2.38. The summed E-state index contributed by atoms with van der Waals surface area (Å²) in [6.07, 6.45) is 0. The maximum Gasteiger partial charge on any atom is 0.285 e. The van der Waals surface area contributed by atoms with Crippen LogP contribution in [0.3, 0.4) is 0 Å². The molecule has 2 aromatic carbocycles. The maximum atomic E-state index is 13.5. The minimum atomic E-state index is -1.37. The molecule has 1 amide bonds. The highest BCUT2D eigenvalue weighted by molar-refractivity contribution is 5.98. The van der Waals surface area contributed by atoms with Gasteiger partial charge in [-0.15, -0.1) is 0 Å². The topological polar surface area (TPSA) is 92.5 Å². The molecule has 0 aliphatic heterocycles. The molecule has 0 saturated heterocycles. The van der Waals surface area contributed by atoms with Crippen LogP contribution in [0.2, 0.25) is 0 Å². The molecular weight excluding hydrogens is 315 g/mol. The number of nitro benzene ring substituents is 1. The van der Waals surface area contributed by atoms with Gasteiger partial charge in [-0.25, -0.2) is 4.39 Å². The van der Waals surface area contributed by atoms with Crippen molar-refractivity contribution in [1.29, 1.82) is 0 Å². The van der Waals surface area contributed by atoms with Crippen LogP contribution in [-0.2, 0) is 5.60 Å². The Bertz CT molecular complexity index is 776. The van der Waals surface area contributed by atoms with Gasteiger partial charge in [0.2, 0.25) is 0 Å². The molecule has 1 atom stereocenters. The molecule has 0 aliphatic rings. The normalized spacial score (nSPS) is 13.2. The molecule has 0 aliphatic carbocycles. The molecule has 0 radical (unpaired) electrons. The van der Waals surface area contributed by atoms with E-state index in [0.29, 0.717) is 5.56 Å². The van der Waals surface area contributed by atoms with Gasteiger partial charge in [0.15, 0.2) is 0 Å². The second kappa shape index (κ2) is 6.76. The number of carbonyl (C=O) groups excluding carboxylic acids is 1. The standard InChI is InChI=1S/C17H17FN2O4/c1-11-8-13(18)9-14(15(11)20(23)24)16(21)19-10-17(2,22)12-6-4-3-5-7-12/h3-9,22H,10H2,1-2H3,(H,19,21). The van der Waals surface area contributed by atoms with E-state index in [9.17, 15) is 24.4 Å². The Kier molecular flexibility index (Phi) is 4.94. The van der Waals surface area contributed by atoms with Crippen LogP contribution in [0.15, 0.2) is 42.5 Å². The van der Waals surface area contributed by atoms with Crippen molar-refractivity contribution in [3.8, 4) is 0 Å². The van der Waals surface area contributed by atoms with Crippen molar-refractivity contribution in [2.45, 2.75) is 19.4 Å². The van der Waals surface area contributed by atoms with Crippen LogP contribution < -0.4 is 5.32 Å². The molecule has 2 rings (SSSR count). The number of carbonyl (C=O) groups is 1. The first-order valence-corrected chi connectivity index (χ1v) is 7.23. The zero-order chi connectivity index (χ0) is 17.9. The first kappa shape index (κ1) is 17.6. The van der Waals surface area contributed by atoms with Crippen LogP contribution in [0.5, 0.6) is 0 Å². The third kappa shape index (κ3) is 3.75. The van der Waals surface area contributed by atoms with Crippen molar-refractivity contribution < 1.29 is 19.2 Å². The van der Waals surface area contributed by atoms with Gasteiger partial charge in [-0.3, -0.25) is 14.9 Å². The highest BCUT2D eigenvalue weighted by Gasteiger charge is 2.27. The number of benzene rings is 2. The summed E-state index contributed by atoms with van der Waals surface area (Å²) in [5, 5.41) is 24.0. The lowest BCUT2D eigenvalue weighted by molar-refractivity contribution is -0.385. The van der Waals surface area contributed by atoms with Gasteiger partial charge in [0.25, 0.3) is 11.6 Å². The Labute approximate surface area is 138 Å². The number of nitrogens with one attached hydrogen (secondary N) is 1. The second-order valence-electron chi connectivity index (χ2n) is 5.70. The number of nitro groups is 1. The largest absolute Gasteiger partial charge is 0.384 e. The minimum Gasteiger partial charge on any atom is -0.384 e. The van der Waals surface area contributed by atoms with E-state index in [1.807, 2.05) is 0 Å². The van der Waals surface area contributed by atoms with E-state index >= 15 is 0 Å². The molecule has 2 N–H and O–H groups in total. The molecule has 6 nitrogen and oxygen atoms in total. The van der Waals surface area contributed by atoms with Crippen LogP contribution in [0, 0.1) is 22.9 Å². The third-order valence-corrected chi connectivity index (χ3v) is 3.68. The molecule has 0 heterocycles. The number of hydrogen-bond acceptors (Lipinski definition) is 4. The highest BCUT2D eigenvalue weighted by atomic mass is 19.1. The fourth-order valence-corrected chi connectivity index (χ4v) is 2.40. The Morgan fingerprint density at radius 3 is 2.54 bits per heavy atom. The van der Waals surface area contributed by atoms with Crippen molar-refractivity contribution in [3.05, 3.63) is 75.1 Å². The SMILES string of the molecule is Cc1cc(F)cc(C(=O)NCC(C)(O)c2ccccc2)c1[N+](=O)[O-]. The van der Waals surface area contributed by atoms with Gasteiger partial charge >= 0.3 is 0 Å². The summed E-state index contributed by atoms with van der Waals surface area (Å²) in [5.74, 6) is -1.56. The van der Waals surface area contributed by atoms with E-state index in [2.05, 4.69) is 5.32 Å². The fourth-order valence-electron chi connectivity index (χ4n) is 2.40. The molecule has 0 fully saturated rings. The molecule has 0 saturated carbocycles. The van der Waals surface area contributed by atoms with Crippen molar-refractivity contribution in [2.24, 2.45) is 0 Å².